The molecule has 0 fully saturated rings. The van der Waals surface area contributed by atoms with E-state index in [0.717, 1.165) is 9.13 Å². The first-order valence-electron chi connectivity index (χ1n) is 7.51. The van der Waals surface area contributed by atoms with E-state index in [2.05, 4.69) is 47.9 Å². The van der Waals surface area contributed by atoms with E-state index in [9.17, 15) is 9.59 Å². The van der Waals surface area contributed by atoms with Gasteiger partial charge < -0.3 is 14.6 Å². The SMILES string of the molecule is COC(=O)c1ccc(CNC(=O)c2nc(Cn3cc(I)cn3)no2)cc1. The van der Waals surface area contributed by atoms with Crippen LogP contribution in [0.4, 0.5) is 0 Å². The topological polar surface area (TPSA) is 112 Å². The Morgan fingerprint density at radius 3 is 2.73 bits per heavy atom. The van der Waals surface area contributed by atoms with Crippen molar-refractivity contribution in [3.63, 3.8) is 0 Å². The quantitative estimate of drug-likeness (QED) is 0.433. The van der Waals surface area contributed by atoms with E-state index in [1.54, 1.807) is 35.1 Å². The van der Waals surface area contributed by atoms with Crippen molar-refractivity contribution in [2.24, 2.45) is 0 Å². The molecule has 0 saturated heterocycles. The number of ether oxygens (including phenoxy) is 1. The number of rotatable bonds is 6. The number of benzene rings is 1. The molecule has 134 valence electrons. The van der Waals surface area contributed by atoms with Gasteiger partial charge in [0.2, 0.25) is 0 Å². The number of carbonyl (C=O) groups excluding carboxylic acids is 2. The standard InChI is InChI=1S/C16H14IN5O4/c1-25-16(24)11-4-2-10(3-5-11)6-18-14(23)15-20-13(21-26-15)9-22-8-12(17)7-19-22/h2-5,7-8H,6,9H2,1H3,(H,18,23). The highest BCUT2D eigenvalue weighted by Crippen LogP contribution is 2.07. The summed E-state index contributed by atoms with van der Waals surface area (Å²) in [5.74, 6) is -0.646. The Morgan fingerprint density at radius 2 is 2.08 bits per heavy atom. The fourth-order valence-corrected chi connectivity index (χ4v) is 2.56. The second-order valence-electron chi connectivity index (χ2n) is 5.24. The summed E-state index contributed by atoms with van der Waals surface area (Å²) in [7, 11) is 1.32. The Labute approximate surface area is 161 Å². The molecule has 0 bridgehead atoms. The lowest BCUT2D eigenvalue weighted by molar-refractivity contribution is 0.0600. The fraction of sp³-hybridized carbons (Fsp3) is 0.188. The summed E-state index contributed by atoms with van der Waals surface area (Å²) in [5, 5.41) is 10.6. The van der Waals surface area contributed by atoms with Crippen LogP contribution in [-0.4, -0.2) is 38.9 Å². The highest BCUT2D eigenvalue weighted by atomic mass is 127. The van der Waals surface area contributed by atoms with E-state index >= 15 is 0 Å². The summed E-state index contributed by atoms with van der Waals surface area (Å²) in [6.45, 7) is 0.574. The third-order valence-electron chi connectivity index (χ3n) is 3.40. The Hall–Kier alpha value is -2.76. The summed E-state index contributed by atoms with van der Waals surface area (Å²) in [5.41, 5.74) is 1.26. The summed E-state index contributed by atoms with van der Waals surface area (Å²) in [6, 6.07) is 6.71. The molecule has 1 amide bonds. The molecule has 9 nitrogen and oxygen atoms in total. The second kappa shape index (κ2) is 8.08. The molecular weight excluding hydrogens is 453 g/mol. The van der Waals surface area contributed by atoms with Crippen molar-refractivity contribution in [3.8, 4) is 0 Å². The molecule has 0 radical (unpaired) electrons. The van der Waals surface area contributed by atoms with E-state index < -0.39 is 11.9 Å². The molecule has 0 unspecified atom stereocenters. The van der Waals surface area contributed by atoms with E-state index in [-0.39, 0.29) is 12.4 Å². The Bertz CT molecular complexity index is 919. The van der Waals surface area contributed by atoms with Gasteiger partial charge in [-0.15, -0.1) is 0 Å². The average Bonchev–Trinajstić information content (AvgIpc) is 3.29. The first kappa shape index (κ1) is 18.0. The van der Waals surface area contributed by atoms with Gasteiger partial charge in [0.25, 0.3) is 0 Å². The van der Waals surface area contributed by atoms with Crippen molar-refractivity contribution in [3.05, 3.63) is 63.1 Å². The zero-order valence-electron chi connectivity index (χ0n) is 13.7. The maximum absolute atomic E-state index is 12.1. The van der Waals surface area contributed by atoms with E-state index in [0.29, 0.717) is 17.9 Å². The lowest BCUT2D eigenvalue weighted by Crippen LogP contribution is -2.23. The number of esters is 1. The molecule has 0 aliphatic carbocycles. The first-order chi connectivity index (χ1) is 12.5. The number of hydrogen-bond acceptors (Lipinski definition) is 7. The molecule has 3 aromatic rings. The van der Waals surface area contributed by atoms with Crippen LogP contribution in [-0.2, 0) is 17.8 Å². The predicted octanol–water partition coefficient (Wildman–Crippen LogP) is 1.64. The third kappa shape index (κ3) is 4.45. The van der Waals surface area contributed by atoms with Gasteiger partial charge in [0.1, 0.15) is 6.54 Å². The lowest BCUT2D eigenvalue weighted by Gasteiger charge is -2.04. The molecule has 0 aliphatic heterocycles. The van der Waals surface area contributed by atoms with Crippen molar-refractivity contribution in [1.29, 1.82) is 0 Å². The molecule has 0 saturated carbocycles. The highest BCUT2D eigenvalue weighted by Gasteiger charge is 2.15. The van der Waals surface area contributed by atoms with Gasteiger partial charge in [-0.3, -0.25) is 9.48 Å². The number of aromatic nitrogens is 4. The van der Waals surface area contributed by atoms with Crippen LogP contribution in [0.25, 0.3) is 0 Å². The molecule has 1 N–H and O–H groups in total. The van der Waals surface area contributed by atoms with Crippen LogP contribution in [0.15, 0.2) is 41.2 Å². The molecule has 10 heteroatoms. The molecule has 26 heavy (non-hydrogen) atoms. The monoisotopic (exact) mass is 467 g/mol. The van der Waals surface area contributed by atoms with Gasteiger partial charge >= 0.3 is 17.8 Å². The number of nitrogens with one attached hydrogen (secondary N) is 1. The molecule has 0 spiro atoms. The van der Waals surface area contributed by atoms with Gasteiger partial charge in [0, 0.05) is 12.7 Å². The minimum absolute atomic E-state index is 0.118. The first-order valence-corrected chi connectivity index (χ1v) is 8.59. The largest absolute Gasteiger partial charge is 0.465 e. The lowest BCUT2D eigenvalue weighted by atomic mass is 10.1. The van der Waals surface area contributed by atoms with Crippen LogP contribution in [0.2, 0.25) is 0 Å². The molecule has 2 heterocycles. The Balaban J connectivity index is 1.56. The predicted molar refractivity (Wildman–Crippen MR) is 97.3 cm³/mol. The van der Waals surface area contributed by atoms with E-state index in [1.807, 2.05) is 6.20 Å². The smallest absolute Gasteiger partial charge is 0.337 e. The number of nitrogens with zero attached hydrogens (tertiary/aromatic N) is 4. The number of amides is 1. The van der Waals surface area contributed by atoms with Crippen LogP contribution >= 0.6 is 22.6 Å². The third-order valence-corrected chi connectivity index (χ3v) is 3.95. The Kier molecular flexibility index (Phi) is 5.61. The summed E-state index contributed by atoms with van der Waals surface area (Å²) < 4.78 is 12.3. The molecule has 0 atom stereocenters. The maximum atomic E-state index is 12.1. The van der Waals surface area contributed by atoms with Crippen LogP contribution in [0.1, 0.15) is 32.4 Å². The van der Waals surface area contributed by atoms with E-state index in [1.165, 1.54) is 7.11 Å². The minimum Gasteiger partial charge on any atom is -0.465 e. The van der Waals surface area contributed by atoms with Crippen molar-refractivity contribution >= 4 is 34.5 Å². The second-order valence-corrected chi connectivity index (χ2v) is 6.49. The van der Waals surface area contributed by atoms with Crippen LogP contribution < -0.4 is 5.32 Å². The zero-order chi connectivity index (χ0) is 18.5. The van der Waals surface area contributed by atoms with Gasteiger partial charge in [0.05, 0.1) is 22.4 Å². The zero-order valence-corrected chi connectivity index (χ0v) is 15.8. The molecule has 1 aromatic carbocycles. The van der Waals surface area contributed by atoms with Crippen LogP contribution in [0.5, 0.6) is 0 Å². The van der Waals surface area contributed by atoms with Crippen LogP contribution in [0.3, 0.4) is 0 Å². The van der Waals surface area contributed by atoms with Crippen molar-refractivity contribution < 1.29 is 18.8 Å². The van der Waals surface area contributed by atoms with Gasteiger partial charge in [-0.05, 0) is 40.3 Å². The van der Waals surface area contributed by atoms with Crippen LogP contribution in [0, 0.1) is 3.57 Å². The maximum Gasteiger partial charge on any atom is 0.337 e. The number of hydrogen-bond donors (Lipinski definition) is 1. The number of halogens is 1. The highest BCUT2D eigenvalue weighted by molar-refractivity contribution is 14.1. The van der Waals surface area contributed by atoms with Crippen molar-refractivity contribution in [2.45, 2.75) is 13.1 Å². The van der Waals surface area contributed by atoms with Gasteiger partial charge in [-0.2, -0.15) is 10.1 Å². The number of methoxy groups -OCH3 is 1. The van der Waals surface area contributed by atoms with Gasteiger partial charge in [-0.25, -0.2) is 4.79 Å². The minimum atomic E-state index is -0.476. The van der Waals surface area contributed by atoms with Gasteiger partial charge in [-0.1, -0.05) is 17.3 Å². The molecule has 3 rings (SSSR count). The summed E-state index contributed by atoms with van der Waals surface area (Å²) in [4.78, 5) is 27.5. The molecule has 0 aliphatic rings. The normalized spacial score (nSPS) is 10.5. The molecule has 2 aromatic heterocycles. The Morgan fingerprint density at radius 1 is 1.31 bits per heavy atom. The van der Waals surface area contributed by atoms with Crippen molar-refractivity contribution in [1.82, 2.24) is 25.2 Å². The van der Waals surface area contributed by atoms with Gasteiger partial charge in [0.15, 0.2) is 5.82 Å². The molecular formula is C16H14IN5O4. The van der Waals surface area contributed by atoms with Crippen molar-refractivity contribution in [2.75, 3.05) is 7.11 Å². The summed E-state index contributed by atoms with van der Waals surface area (Å²) >= 11 is 2.15. The number of carbonyl (C=O) groups is 2. The average molecular weight is 467 g/mol. The fourth-order valence-electron chi connectivity index (χ4n) is 2.11. The van der Waals surface area contributed by atoms with E-state index in [4.69, 9.17) is 4.52 Å². The summed E-state index contributed by atoms with van der Waals surface area (Å²) in [6.07, 6.45) is 3.54.